The molecule has 2 aromatic rings. The number of hydrogen-bond donors (Lipinski definition) is 0. The lowest BCUT2D eigenvalue weighted by Crippen LogP contribution is -2.34. The highest BCUT2D eigenvalue weighted by atomic mass is 35.5. The summed E-state index contributed by atoms with van der Waals surface area (Å²) in [5.74, 6) is 0.253. The number of ether oxygens (including phenoxy) is 2. The number of carbonyl (C=O) groups is 1. The lowest BCUT2D eigenvalue weighted by Gasteiger charge is -2.15. The fourth-order valence-corrected chi connectivity index (χ4v) is 4.60. The molecule has 0 aromatic heterocycles. The van der Waals surface area contributed by atoms with Crippen LogP contribution in [0.3, 0.4) is 0 Å². The Morgan fingerprint density at radius 3 is 2.61 bits per heavy atom. The molecule has 0 bridgehead atoms. The van der Waals surface area contributed by atoms with Crippen molar-refractivity contribution in [2.24, 2.45) is 0 Å². The van der Waals surface area contributed by atoms with Crippen LogP contribution in [0.4, 0.5) is 4.39 Å². The fraction of sp³-hybridized carbons (Fsp3) is 0.300. The number of rotatable bonds is 8. The van der Waals surface area contributed by atoms with Crippen molar-refractivity contribution < 1.29 is 18.7 Å². The Kier molecular flexibility index (Phi) is 7.29. The van der Waals surface area contributed by atoms with Gasteiger partial charge in [-0.2, -0.15) is 0 Å². The molecule has 1 aliphatic heterocycles. The minimum absolute atomic E-state index is 0.000177. The summed E-state index contributed by atoms with van der Waals surface area (Å²) < 4.78 is 24.3. The zero-order chi connectivity index (χ0) is 20.1. The van der Waals surface area contributed by atoms with Gasteiger partial charge in [0, 0.05) is 7.11 Å². The number of thiocarbonyl (C=S) groups is 1. The number of hydrogen-bond acceptors (Lipinski definition) is 5. The van der Waals surface area contributed by atoms with Gasteiger partial charge in [0.05, 0.1) is 23.4 Å². The SMILES string of the molecule is COCCN1C(=O)[C@H](Cc2ccc(OCc3ccc(F)cc3)c(Cl)c2)SC1=S. The molecule has 1 fully saturated rings. The molecule has 1 heterocycles. The van der Waals surface area contributed by atoms with Crippen LogP contribution in [0.5, 0.6) is 5.75 Å². The smallest absolute Gasteiger partial charge is 0.242 e. The molecule has 0 radical (unpaired) electrons. The van der Waals surface area contributed by atoms with Crippen molar-refractivity contribution in [2.45, 2.75) is 18.3 Å². The molecule has 0 spiro atoms. The Morgan fingerprint density at radius 2 is 1.93 bits per heavy atom. The Morgan fingerprint density at radius 1 is 1.21 bits per heavy atom. The van der Waals surface area contributed by atoms with Gasteiger partial charge in [0.1, 0.15) is 22.5 Å². The van der Waals surface area contributed by atoms with Crippen LogP contribution in [0.25, 0.3) is 0 Å². The Hall–Kier alpha value is -1.67. The van der Waals surface area contributed by atoms with Crippen LogP contribution in [0, 0.1) is 5.82 Å². The normalized spacial score (nSPS) is 16.7. The van der Waals surface area contributed by atoms with Crippen molar-refractivity contribution in [3.8, 4) is 5.75 Å². The van der Waals surface area contributed by atoms with E-state index in [2.05, 4.69) is 0 Å². The number of thioether (sulfide) groups is 1. The molecule has 0 N–H and O–H groups in total. The molecule has 1 saturated heterocycles. The van der Waals surface area contributed by atoms with Crippen LogP contribution in [0.2, 0.25) is 5.02 Å². The highest BCUT2D eigenvalue weighted by molar-refractivity contribution is 8.24. The predicted octanol–water partition coefficient (Wildman–Crippen LogP) is 4.48. The average Bonchev–Trinajstić information content (AvgIpc) is 2.94. The van der Waals surface area contributed by atoms with Gasteiger partial charge in [-0.1, -0.05) is 53.8 Å². The van der Waals surface area contributed by atoms with E-state index in [1.807, 2.05) is 6.07 Å². The van der Waals surface area contributed by atoms with Crippen molar-refractivity contribution in [3.63, 3.8) is 0 Å². The summed E-state index contributed by atoms with van der Waals surface area (Å²) in [5.41, 5.74) is 1.78. The van der Waals surface area contributed by atoms with E-state index in [9.17, 15) is 9.18 Å². The van der Waals surface area contributed by atoms with Gasteiger partial charge >= 0.3 is 0 Å². The summed E-state index contributed by atoms with van der Waals surface area (Å²) in [6.45, 7) is 1.21. The summed E-state index contributed by atoms with van der Waals surface area (Å²) in [6, 6.07) is 11.6. The number of halogens is 2. The molecule has 8 heteroatoms. The predicted molar refractivity (Wildman–Crippen MR) is 113 cm³/mol. The maximum atomic E-state index is 13.0. The summed E-state index contributed by atoms with van der Waals surface area (Å²) in [7, 11) is 1.59. The maximum absolute atomic E-state index is 13.0. The zero-order valence-electron chi connectivity index (χ0n) is 15.2. The van der Waals surface area contributed by atoms with E-state index in [-0.39, 0.29) is 17.0 Å². The molecule has 0 saturated carbocycles. The van der Waals surface area contributed by atoms with Crippen molar-refractivity contribution in [1.29, 1.82) is 0 Å². The van der Waals surface area contributed by atoms with Crippen molar-refractivity contribution in [3.05, 3.63) is 64.4 Å². The van der Waals surface area contributed by atoms with Crippen LogP contribution >= 0.6 is 35.6 Å². The molecular weight excluding hydrogens is 421 g/mol. The summed E-state index contributed by atoms with van der Waals surface area (Å²) >= 11 is 13.0. The largest absolute Gasteiger partial charge is 0.487 e. The highest BCUT2D eigenvalue weighted by Gasteiger charge is 2.36. The molecular formula is C20H19ClFNO3S2. The maximum Gasteiger partial charge on any atom is 0.242 e. The molecule has 28 heavy (non-hydrogen) atoms. The molecule has 4 nitrogen and oxygen atoms in total. The first-order valence-electron chi connectivity index (χ1n) is 8.64. The number of amides is 1. The standard InChI is InChI=1S/C20H19ClFNO3S2/c1-25-9-8-23-19(24)18(28-20(23)27)11-14-4-7-17(16(21)10-14)26-12-13-2-5-15(22)6-3-13/h2-7,10,18H,8-9,11-12H2,1H3/t18-/m0/s1. The van der Waals surface area contributed by atoms with E-state index in [4.69, 9.17) is 33.3 Å². The second-order valence-corrected chi connectivity index (χ2v) is 8.48. The zero-order valence-corrected chi connectivity index (χ0v) is 17.6. The third kappa shape index (κ3) is 5.23. The highest BCUT2D eigenvalue weighted by Crippen LogP contribution is 2.32. The molecule has 148 valence electrons. The van der Waals surface area contributed by atoms with Gasteiger partial charge < -0.3 is 9.47 Å². The number of nitrogens with zero attached hydrogens (tertiary/aromatic N) is 1. The minimum atomic E-state index is -0.286. The van der Waals surface area contributed by atoms with Crippen LogP contribution in [-0.4, -0.2) is 40.6 Å². The average molecular weight is 440 g/mol. The first-order valence-corrected chi connectivity index (χ1v) is 10.3. The summed E-state index contributed by atoms with van der Waals surface area (Å²) in [5, 5.41) is 0.209. The second-order valence-electron chi connectivity index (χ2n) is 6.24. The van der Waals surface area contributed by atoms with Crippen LogP contribution in [-0.2, 0) is 22.6 Å². The van der Waals surface area contributed by atoms with Gasteiger partial charge in [-0.3, -0.25) is 9.69 Å². The van der Waals surface area contributed by atoms with Gasteiger partial charge in [0.15, 0.2) is 0 Å². The Balaban J connectivity index is 1.60. The lowest BCUT2D eigenvalue weighted by atomic mass is 10.1. The van der Waals surface area contributed by atoms with Crippen LogP contribution < -0.4 is 4.74 Å². The molecule has 2 aromatic carbocycles. The second kappa shape index (κ2) is 9.69. The fourth-order valence-electron chi connectivity index (χ4n) is 2.76. The van der Waals surface area contributed by atoms with Gasteiger partial charge in [-0.15, -0.1) is 0 Å². The summed E-state index contributed by atoms with van der Waals surface area (Å²) in [6.07, 6.45) is 0.533. The topological polar surface area (TPSA) is 38.8 Å². The lowest BCUT2D eigenvalue weighted by molar-refractivity contribution is -0.126. The van der Waals surface area contributed by atoms with Crippen molar-refractivity contribution >= 4 is 45.8 Å². The molecule has 0 unspecified atom stereocenters. The van der Waals surface area contributed by atoms with Gasteiger partial charge in [-0.05, 0) is 41.8 Å². The van der Waals surface area contributed by atoms with E-state index < -0.39 is 0 Å². The summed E-state index contributed by atoms with van der Waals surface area (Å²) in [4.78, 5) is 14.1. The number of carbonyl (C=O) groups excluding carboxylic acids is 1. The molecule has 1 aliphatic rings. The third-order valence-electron chi connectivity index (χ3n) is 4.25. The molecule has 0 aliphatic carbocycles. The van der Waals surface area contributed by atoms with E-state index in [1.54, 1.807) is 36.3 Å². The van der Waals surface area contributed by atoms with Crippen LogP contribution in [0.1, 0.15) is 11.1 Å². The molecule has 1 amide bonds. The number of methoxy groups -OCH3 is 1. The Bertz CT molecular complexity index is 863. The van der Waals surface area contributed by atoms with Crippen LogP contribution in [0.15, 0.2) is 42.5 Å². The van der Waals surface area contributed by atoms with E-state index in [0.29, 0.717) is 41.3 Å². The Labute approximate surface area is 178 Å². The van der Waals surface area contributed by atoms with Gasteiger partial charge in [-0.25, -0.2) is 4.39 Å². The minimum Gasteiger partial charge on any atom is -0.487 e. The molecule has 3 rings (SSSR count). The van der Waals surface area contributed by atoms with E-state index in [1.165, 1.54) is 23.9 Å². The third-order valence-corrected chi connectivity index (χ3v) is 6.13. The van der Waals surface area contributed by atoms with E-state index >= 15 is 0 Å². The first kappa shape index (κ1) is 21.0. The van der Waals surface area contributed by atoms with Crippen molar-refractivity contribution in [1.82, 2.24) is 4.90 Å². The van der Waals surface area contributed by atoms with Gasteiger partial charge in [0.2, 0.25) is 5.91 Å². The molecule has 1 atom stereocenters. The van der Waals surface area contributed by atoms with E-state index in [0.717, 1.165) is 11.1 Å². The number of benzene rings is 2. The van der Waals surface area contributed by atoms with Crippen molar-refractivity contribution in [2.75, 3.05) is 20.3 Å². The monoisotopic (exact) mass is 439 g/mol. The quantitative estimate of drug-likeness (QED) is 0.567. The van der Waals surface area contributed by atoms with Gasteiger partial charge in [0.25, 0.3) is 0 Å². The first-order chi connectivity index (χ1) is 13.5.